The number of likely N-dealkylation sites (N-methyl/N-ethyl adjacent to an activating group) is 1. The molecule has 0 aromatic carbocycles. The zero-order valence-corrected chi connectivity index (χ0v) is 10.3. The van der Waals surface area contributed by atoms with Crippen molar-refractivity contribution in [3.05, 3.63) is 18.0 Å². The lowest BCUT2D eigenvalue weighted by atomic mass is 10.1. The second kappa shape index (κ2) is 4.85. The molecule has 0 aliphatic carbocycles. The van der Waals surface area contributed by atoms with E-state index in [4.69, 9.17) is 5.73 Å². The molecule has 0 saturated carbocycles. The van der Waals surface area contributed by atoms with Crippen molar-refractivity contribution in [2.24, 2.45) is 12.8 Å². The first-order valence-corrected chi connectivity index (χ1v) is 5.75. The molecule has 6 heteroatoms. The van der Waals surface area contributed by atoms with Crippen molar-refractivity contribution >= 4 is 5.91 Å². The van der Waals surface area contributed by atoms with Gasteiger partial charge in [0.2, 0.25) is 5.91 Å². The van der Waals surface area contributed by atoms with E-state index in [0.717, 1.165) is 19.6 Å². The summed E-state index contributed by atoms with van der Waals surface area (Å²) >= 11 is 0. The molecule has 2 heterocycles. The van der Waals surface area contributed by atoms with Gasteiger partial charge in [-0.25, -0.2) is 0 Å². The van der Waals surface area contributed by atoms with Gasteiger partial charge in [0.25, 0.3) is 0 Å². The van der Waals surface area contributed by atoms with Crippen LogP contribution in [0, 0.1) is 0 Å². The van der Waals surface area contributed by atoms with Crippen LogP contribution in [0.5, 0.6) is 0 Å². The van der Waals surface area contributed by atoms with E-state index in [1.165, 1.54) is 5.56 Å². The molecule has 0 bridgehead atoms. The van der Waals surface area contributed by atoms with E-state index in [0.29, 0.717) is 6.54 Å². The molecule has 2 rings (SSSR count). The number of aromatic nitrogens is 2. The lowest BCUT2D eigenvalue weighted by Crippen LogP contribution is -2.56. The number of nitrogens with two attached hydrogens (primary N) is 1. The minimum Gasteiger partial charge on any atom is -0.368 e. The predicted octanol–water partition coefficient (Wildman–Crippen LogP) is -0.979. The third-order valence-electron chi connectivity index (χ3n) is 3.23. The van der Waals surface area contributed by atoms with Gasteiger partial charge in [-0.15, -0.1) is 0 Å². The summed E-state index contributed by atoms with van der Waals surface area (Å²) in [6.07, 6.45) is 3.86. The Labute approximate surface area is 101 Å². The van der Waals surface area contributed by atoms with Gasteiger partial charge in [0.05, 0.1) is 6.20 Å². The first-order valence-electron chi connectivity index (χ1n) is 5.75. The number of hydrogen-bond donors (Lipinski definition) is 1. The van der Waals surface area contributed by atoms with Crippen molar-refractivity contribution in [3.8, 4) is 0 Å². The van der Waals surface area contributed by atoms with Gasteiger partial charge in [-0.1, -0.05) is 0 Å². The second-order valence-electron chi connectivity index (χ2n) is 4.66. The lowest BCUT2D eigenvalue weighted by Gasteiger charge is -2.37. The predicted molar refractivity (Wildman–Crippen MR) is 64.1 cm³/mol. The van der Waals surface area contributed by atoms with Crippen molar-refractivity contribution in [2.75, 3.05) is 26.7 Å². The minimum atomic E-state index is -0.247. The van der Waals surface area contributed by atoms with Gasteiger partial charge in [0.15, 0.2) is 0 Å². The van der Waals surface area contributed by atoms with E-state index < -0.39 is 0 Å². The number of amides is 1. The third kappa shape index (κ3) is 2.83. The van der Waals surface area contributed by atoms with Gasteiger partial charge >= 0.3 is 0 Å². The number of aryl methyl sites for hydroxylation is 1. The van der Waals surface area contributed by atoms with Crippen LogP contribution >= 0.6 is 0 Å². The highest BCUT2D eigenvalue weighted by atomic mass is 16.1. The summed E-state index contributed by atoms with van der Waals surface area (Å²) in [6.45, 7) is 3.34. The number of primary amides is 1. The van der Waals surface area contributed by atoms with E-state index in [2.05, 4.69) is 10.00 Å². The van der Waals surface area contributed by atoms with E-state index in [1.54, 1.807) is 4.68 Å². The number of nitrogens with zero attached hydrogens (tertiary/aromatic N) is 4. The summed E-state index contributed by atoms with van der Waals surface area (Å²) in [5.41, 5.74) is 6.56. The summed E-state index contributed by atoms with van der Waals surface area (Å²) in [5.74, 6) is -0.247. The Bertz CT molecular complexity index is 402. The van der Waals surface area contributed by atoms with Crippen molar-refractivity contribution in [1.82, 2.24) is 19.6 Å². The standard InChI is InChI=1S/C11H19N5O/c1-14-3-4-16(8-10(14)11(12)17)7-9-5-13-15(2)6-9/h5-6,10H,3-4,7-8H2,1-2H3,(H2,12,17). The highest BCUT2D eigenvalue weighted by Crippen LogP contribution is 2.11. The molecule has 0 spiro atoms. The molecule has 1 saturated heterocycles. The highest BCUT2D eigenvalue weighted by Gasteiger charge is 2.28. The van der Waals surface area contributed by atoms with E-state index >= 15 is 0 Å². The molecule has 0 radical (unpaired) electrons. The fourth-order valence-corrected chi connectivity index (χ4v) is 2.19. The number of carbonyl (C=O) groups is 1. The molecule has 1 unspecified atom stereocenters. The van der Waals surface area contributed by atoms with Gasteiger partial charge in [0, 0.05) is 45.0 Å². The molecular formula is C11H19N5O. The van der Waals surface area contributed by atoms with Gasteiger partial charge in [0.1, 0.15) is 6.04 Å². The largest absolute Gasteiger partial charge is 0.368 e. The fraction of sp³-hybridized carbons (Fsp3) is 0.636. The average Bonchev–Trinajstić information content (AvgIpc) is 2.66. The summed E-state index contributed by atoms with van der Waals surface area (Å²) in [4.78, 5) is 15.6. The molecule has 1 amide bonds. The zero-order valence-electron chi connectivity index (χ0n) is 10.3. The van der Waals surface area contributed by atoms with Crippen molar-refractivity contribution in [1.29, 1.82) is 0 Å². The fourth-order valence-electron chi connectivity index (χ4n) is 2.19. The number of rotatable bonds is 3. The molecule has 1 atom stereocenters. The molecule has 17 heavy (non-hydrogen) atoms. The maximum atomic E-state index is 11.3. The molecule has 1 aromatic heterocycles. The Morgan fingerprint density at radius 1 is 1.53 bits per heavy atom. The number of hydrogen-bond acceptors (Lipinski definition) is 4. The molecular weight excluding hydrogens is 218 g/mol. The Kier molecular flexibility index (Phi) is 3.44. The smallest absolute Gasteiger partial charge is 0.236 e. The maximum Gasteiger partial charge on any atom is 0.236 e. The second-order valence-corrected chi connectivity index (χ2v) is 4.66. The van der Waals surface area contributed by atoms with Crippen molar-refractivity contribution in [3.63, 3.8) is 0 Å². The normalized spacial score (nSPS) is 22.8. The summed E-state index contributed by atoms with van der Waals surface area (Å²) < 4.78 is 1.79. The SMILES string of the molecule is CN1CCN(Cc2cnn(C)c2)CC1C(N)=O. The van der Waals surface area contributed by atoms with Crippen molar-refractivity contribution in [2.45, 2.75) is 12.6 Å². The first-order chi connectivity index (χ1) is 8.06. The minimum absolute atomic E-state index is 0.180. The topological polar surface area (TPSA) is 67.4 Å². The molecule has 94 valence electrons. The van der Waals surface area contributed by atoms with Gasteiger partial charge in [-0.2, -0.15) is 5.10 Å². The lowest BCUT2D eigenvalue weighted by molar-refractivity contribution is -0.125. The van der Waals surface area contributed by atoms with Crippen molar-refractivity contribution < 1.29 is 4.79 Å². The van der Waals surface area contributed by atoms with Gasteiger partial charge in [-0.05, 0) is 7.05 Å². The van der Waals surface area contributed by atoms with Gasteiger partial charge < -0.3 is 5.73 Å². The number of piperazine rings is 1. The Balaban J connectivity index is 1.96. The molecule has 1 fully saturated rings. The van der Waals surface area contributed by atoms with Crippen LogP contribution in [0.4, 0.5) is 0 Å². The third-order valence-corrected chi connectivity index (χ3v) is 3.23. The van der Waals surface area contributed by atoms with Crippen LogP contribution < -0.4 is 5.73 Å². The molecule has 1 aromatic rings. The van der Waals surface area contributed by atoms with Crippen LogP contribution in [0.2, 0.25) is 0 Å². The van der Waals surface area contributed by atoms with Crippen LogP contribution in [-0.2, 0) is 18.4 Å². The first kappa shape index (κ1) is 12.1. The molecule has 2 N–H and O–H groups in total. The number of carbonyl (C=O) groups excluding carboxylic acids is 1. The monoisotopic (exact) mass is 237 g/mol. The van der Waals surface area contributed by atoms with Crippen LogP contribution in [0.15, 0.2) is 12.4 Å². The Morgan fingerprint density at radius 3 is 2.88 bits per heavy atom. The Hall–Kier alpha value is -1.40. The molecule has 1 aliphatic heterocycles. The van der Waals surface area contributed by atoms with Crippen LogP contribution in [0.3, 0.4) is 0 Å². The van der Waals surface area contributed by atoms with Crippen LogP contribution in [0.25, 0.3) is 0 Å². The van der Waals surface area contributed by atoms with Crippen LogP contribution in [0.1, 0.15) is 5.56 Å². The average molecular weight is 237 g/mol. The summed E-state index contributed by atoms with van der Waals surface area (Å²) in [5, 5.41) is 4.14. The summed E-state index contributed by atoms with van der Waals surface area (Å²) in [7, 11) is 3.84. The van der Waals surface area contributed by atoms with E-state index in [1.807, 2.05) is 31.4 Å². The Morgan fingerprint density at radius 2 is 2.29 bits per heavy atom. The zero-order chi connectivity index (χ0) is 12.4. The molecule has 1 aliphatic rings. The maximum absolute atomic E-state index is 11.3. The quantitative estimate of drug-likeness (QED) is 0.734. The van der Waals surface area contributed by atoms with Gasteiger partial charge in [-0.3, -0.25) is 19.3 Å². The van der Waals surface area contributed by atoms with E-state index in [9.17, 15) is 4.79 Å². The molecule has 6 nitrogen and oxygen atoms in total. The highest BCUT2D eigenvalue weighted by molar-refractivity contribution is 5.80. The van der Waals surface area contributed by atoms with E-state index in [-0.39, 0.29) is 11.9 Å². The van der Waals surface area contributed by atoms with Crippen LogP contribution in [-0.4, -0.2) is 58.2 Å². The summed E-state index contributed by atoms with van der Waals surface area (Å²) in [6, 6.07) is -0.180.